The van der Waals surface area contributed by atoms with Gasteiger partial charge in [-0.05, 0) is 36.5 Å². The molecule has 2 aliphatic rings. The van der Waals surface area contributed by atoms with Crippen molar-refractivity contribution in [1.82, 2.24) is 3.11 Å². The first-order chi connectivity index (χ1) is 6.18. The number of hydrogen-bond acceptors (Lipinski definition) is 1. The smallest absolute Gasteiger partial charge is 0.0201 e. The van der Waals surface area contributed by atoms with E-state index in [1.54, 1.807) is 0 Å². The minimum absolute atomic E-state index is 0.878. The van der Waals surface area contributed by atoms with Crippen LogP contribution in [0.25, 0.3) is 0 Å². The van der Waals surface area contributed by atoms with Crippen LogP contribution >= 0.6 is 22.9 Å². The van der Waals surface area contributed by atoms with Gasteiger partial charge in [0, 0.05) is 36.0 Å². The molecular formula is C11H20IN. The fourth-order valence-electron chi connectivity index (χ4n) is 3.25. The molecule has 2 heteroatoms. The second-order valence-corrected chi connectivity index (χ2v) is 6.46. The van der Waals surface area contributed by atoms with Crippen molar-refractivity contribution < 1.29 is 0 Å². The minimum Gasteiger partial charge on any atom is -0.247 e. The normalized spacial score (nSPS) is 41.1. The van der Waals surface area contributed by atoms with Crippen molar-refractivity contribution >= 4 is 22.9 Å². The molecule has 1 saturated carbocycles. The zero-order valence-corrected chi connectivity index (χ0v) is 10.8. The van der Waals surface area contributed by atoms with Gasteiger partial charge in [-0.25, -0.2) is 3.11 Å². The van der Waals surface area contributed by atoms with E-state index in [4.69, 9.17) is 0 Å². The molecule has 1 aliphatic carbocycles. The summed E-state index contributed by atoms with van der Waals surface area (Å²) in [7, 11) is 0. The summed E-state index contributed by atoms with van der Waals surface area (Å²) in [4.78, 5) is 0. The van der Waals surface area contributed by atoms with Crippen LogP contribution in [0.3, 0.4) is 0 Å². The van der Waals surface area contributed by atoms with Gasteiger partial charge in [-0.3, -0.25) is 0 Å². The van der Waals surface area contributed by atoms with E-state index in [0.29, 0.717) is 0 Å². The zero-order chi connectivity index (χ0) is 9.42. The lowest BCUT2D eigenvalue weighted by Gasteiger charge is -2.40. The predicted octanol–water partition coefficient (Wildman–Crippen LogP) is 3.34. The number of nitrogens with zero attached hydrogens (tertiary/aromatic N) is 1. The Morgan fingerprint density at radius 2 is 2.00 bits per heavy atom. The van der Waals surface area contributed by atoms with Gasteiger partial charge in [0.1, 0.15) is 0 Å². The molecule has 1 aliphatic heterocycles. The fraction of sp³-hybridized carbons (Fsp3) is 1.00. The Morgan fingerprint density at radius 1 is 1.23 bits per heavy atom. The van der Waals surface area contributed by atoms with Crippen molar-refractivity contribution in [3.63, 3.8) is 0 Å². The average Bonchev–Trinajstić information content (AvgIpc) is 2.49. The van der Waals surface area contributed by atoms with Crippen molar-refractivity contribution in [3.05, 3.63) is 0 Å². The third-order valence-electron chi connectivity index (χ3n) is 3.97. The molecule has 2 fully saturated rings. The van der Waals surface area contributed by atoms with Gasteiger partial charge in [-0.2, -0.15) is 0 Å². The van der Waals surface area contributed by atoms with Crippen LogP contribution in [0.15, 0.2) is 0 Å². The maximum atomic E-state index is 2.52. The molecule has 0 spiro atoms. The van der Waals surface area contributed by atoms with E-state index in [-0.39, 0.29) is 0 Å². The standard InChI is InChI=1S/C11H20IN/c1-8(2)11-7-13(12)6-9-4-3-5-10(9)11/h8-11H,3-7H2,1-2H3/t9-,10+,11-/m1/s1. The SMILES string of the molecule is CC(C)[C@H]1CN(I)C[C@H]2CCC[C@@H]21. The number of fused-ring (bicyclic) bond motifs is 1. The molecular weight excluding hydrogens is 273 g/mol. The second kappa shape index (κ2) is 4.05. The van der Waals surface area contributed by atoms with Crippen LogP contribution in [0, 0.1) is 23.7 Å². The molecule has 0 bridgehead atoms. The van der Waals surface area contributed by atoms with Gasteiger partial charge in [0.25, 0.3) is 0 Å². The summed E-state index contributed by atoms with van der Waals surface area (Å²) in [5.74, 6) is 3.94. The summed E-state index contributed by atoms with van der Waals surface area (Å²) in [6.45, 7) is 7.49. The zero-order valence-electron chi connectivity index (χ0n) is 8.67. The van der Waals surface area contributed by atoms with Gasteiger partial charge in [0.2, 0.25) is 0 Å². The van der Waals surface area contributed by atoms with Crippen LogP contribution < -0.4 is 0 Å². The third kappa shape index (κ3) is 2.04. The van der Waals surface area contributed by atoms with Gasteiger partial charge in [0.05, 0.1) is 0 Å². The largest absolute Gasteiger partial charge is 0.247 e. The summed E-state index contributed by atoms with van der Waals surface area (Å²) < 4.78 is 2.52. The molecule has 0 aromatic heterocycles. The van der Waals surface area contributed by atoms with E-state index < -0.39 is 0 Å². The Kier molecular flexibility index (Phi) is 3.18. The van der Waals surface area contributed by atoms with E-state index in [0.717, 1.165) is 23.7 Å². The molecule has 3 atom stereocenters. The fourth-order valence-corrected chi connectivity index (χ4v) is 4.22. The van der Waals surface area contributed by atoms with Crippen molar-refractivity contribution in [2.45, 2.75) is 33.1 Å². The minimum atomic E-state index is 0.878. The Labute approximate surface area is 95.8 Å². The molecule has 0 radical (unpaired) electrons. The van der Waals surface area contributed by atoms with Crippen LogP contribution in [0.4, 0.5) is 0 Å². The molecule has 1 saturated heterocycles. The van der Waals surface area contributed by atoms with Gasteiger partial charge in [-0.15, -0.1) is 0 Å². The van der Waals surface area contributed by atoms with E-state index >= 15 is 0 Å². The Morgan fingerprint density at radius 3 is 2.69 bits per heavy atom. The quantitative estimate of drug-likeness (QED) is 0.529. The molecule has 0 aromatic rings. The Bertz CT molecular complexity index is 181. The van der Waals surface area contributed by atoms with Gasteiger partial charge in [-0.1, -0.05) is 20.3 Å². The molecule has 0 amide bonds. The summed E-state index contributed by atoms with van der Waals surface area (Å²) in [6, 6.07) is 0. The van der Waals surface area contributed by atoms with Crippen LogP contribution in [-0.4, -0.2) is 16.2 Å². The molecule has 76 valence electrons. The lowest BCUT2D eigenvalue weighted by atomic mass is 9.75. The summed E-state index contributed by atoms with van der Waals surface area (Å²) >= 11 is 2.51. The van der Waals surface area contributed by atoms with Crippen LogP contribution in [0.5, 0.6) is 0 Å². The van der Waals surface area contributed by atoms with E-state index in [1.807, 2.05) is 0 Å². The molecule has 2 rings (SSSR count). The molecule has 0 N–H and O–H groups in total. The highest BCUT2D eigenvalue weighted by atomic mass is 127. The first-order valence-electron chi connectivity index (χ1n) is 5.59. The number of rotatable bonds is 1. The van der Waals surface area contributed by atoms with Gasteiger partial charge in [0.15, 0.2) is 0 Å². The number of hydrogen-bond donors (Lipinski definition) is 0. The Hall–Kier alpha value is 0.690. The maximum absolute atomic E-state index is 2.52. The molecule has 0 aromatic carbocycles. The second-order valence-electron chi connectivity index (χ2n) is 5.09. The summed E-state index contributed by atoms with van der Waals surface area (Å²) in [6.07, 6.45) is 4.49. The van der Waals surface area contributed by atoms with Crippen molar-refractivity contribution in [2.24, 2.45) is 23.7 Å². The Balaban J connectivity index is 2.07. The van der Waals surface area contributed by atoms with Crippen molar-refractivity contribution in [3.8, 4) is 0 Å². The maximum Gasteiger partial charge on any atom is 0.0201 e. The van der Waals surface area contributed by atoms with Crippen LogP contribution in [0.1, 0.15) is 33.1 Å². The van der Waals surface area contributed by atoms with Gasteiger partial charge >= 0.3 is 0 Å². The molecule has 1 nitrogen and oxygen atoms in total. The average molecular weight is 293 g/mol. The summed E-state index contributed by atoms with van der Waals surface area (Å²) in [5, 5.41) is 0. The lowest BCUT2D eigenvalue weighted by Crippen LogP contribution is -2.41. The number of piperidine rings is 1. The topological polar surface area (TPSA) is 3.24 Å². The van der Waals surface area contributed by atoms with Crippen molar-refractivity contribution in [2.75, 3.05) is 13.1 Å². The van der Waals surface area contributed by atoms with Crippen LogP contribution in [-0.2, 0) is 0 Å². The third-order valence-corrected chi connectivity index (χ3v) is 4.75. The first kappa shape index (κ1) is 10.2. The monoisotopic (exact) mass is 293 g/mol. The summed E-state index contributed by atoms with van der Waals surface area (Å²) in [5.41, 5.74) is 0. The van der Waals surface area contributed by atoms with Crippen molar-refractivity contribution in [1.29, 1.82) is 0 Å². The predicted molar refractivity (Wildman–Crippen MR) is 64.8 cm³/mol. The molecule has 1 heterocycles. The lowest BCUT2D eigenvalue weighted by molar-refractivity contribution is 0.118. The highest BCUT2D eigenvalue weighted by molar-refractivity contribution is 14.1. The van der Waals surface area contributed by atoms with E-state index in [1.165, 1.54) is 32.4 Å². The molecule has 13 heavy (non-hydrogen) atoms. The van der Waals surface area contributed by atoms with E-state index in [9.17, 15) is 0 Å². The van der Waals surface area contributed by atoms with Crippen LogP contribution in [0.2, 0.25) is 0 Å². The van der Waals surface area contributed by atoms with E-state index in [2.05, 4.69) is 39.8 Å². The van der Waals surface area contributed by atoms with Gasteiger partial charge < -0.3 is 0 Å². The number of halogens is 1. The first-order valence-corrected chi connectivity index (χ1v) is 6.55. The molecule has 0 unspecified atom stereocenters. The highest BCUT2D eigenvalue weighted by Crippen LogP contribution is 2.44. The highest BCUT2D eigenvalue weighted by Gasteiger charge is 2.39.